The summed E-state index contributed by atoms with van der Waals surface area (Å²) in [4.78, 5) is 16.0. The zero-order valence-electron chi connectivity index (χ0n) is 14.4. The number of hydrogen-bond donors (Lipinski definition) is 1. The molecule has 0 fully saturated rings. The fraction of sp³-hybridized carbons (Fsp3) is 0.353. The number of ether oxygens (including phenoxy) is 1. The normalized spacial score (nSPS) is 16.9. The number of fused-ring (bicyclic) bond motifs is 1. The Balaban J connectivity index is 2.17. The minimum atomic E-state index is -4.69. The summed E-state index contributed by atoms with van der Waals surface area (Å²) < 4.78 is 45.3. The SMILES string of the molecule is CCOC(=O)C1=C(C)Nc2nc(C(F)(F)F)nn2C1c1ccc(C)cc1. The van der Waals surface area contributed by atoms with E-state index in [1.54, 1.807) is 26.0 Å². The number of benzene rings is 1. The molecule has 138 valence electrons. The summed E-state index contributed by atoms with van der Waals surface area (Å²) in [5.41, 5.74) is 2.17. The van der Waals surface area contributed by atoms with Crippen LogP contribution in [0.3, 0.4) is 0 Å². The van der Waals surface area contributed by atoms with Gasteiger partial charge in [0.05, 0.1) is 12.2 Å². The van der Waals surface area contributed by atoms with Gasteiger partial charge in [-0.15, -0.1) is 5.10 Å². The van der Waals surface area contributed by atoms with E-state index in [2.05, 4.69) is 15.4 Å². The van der Waals surface area contributed by atoms with E-state index in [1.165, 1.54) is 0 Å². The molecule has 0 bridgehead atoms. The Labute approximate surface area is 147 Å². The number of carbonyl (C=O) groups is 1. The summed E-state index contributed by atoms with van der Waals surface area (Å²) in [6.45, 7) is 5.29. The molecule has 1 aliphatic rings. The second-order valence-electron chi connectivity index (χ2n) is 5.90. The van der Waals surface area contributed by atoms with E-state index in [-0.39, 0.29) is 18.1 Å². The maximum Gasteiger partial charge on any atom is 0.453 e. The lowest BCUT2D eigenvalue weighted by molar-refractivity contribution is -0.145. The molecule has 0 spiro atoms. The molecule has 2 aromatic rings. The summed E-state index contributed by atoms with van der Waals surface area (Å²) in [7, 11) is 0. The fourth-order valence-corrected chi connectivity index (χ4v) is 2.80. The van der Waals surface area contributed by atoms with Crippen molar-refractivity contribution in [2.45, 2.75) is 33.0 Å². The third kappa shape index (κ3) is 3.16. The van der Waals surface area contributed by atoms with Crippen molar-refractivity contribution in [2.75, 3.05) is 11.9 Å². The number of alkyl halides is 3. The number of allylic oxidation sites excluding steroid dienone is 1. The number of esters is 1. The number of aryl methyl sites for hydroxylation is 1. The number of carbonyl (C=O) groups excluding carboxylic acids is 1. The molecule has 1 N–H and O–H groups in total. The first kappa shape index (κ1) is 18.0. The summed E-state index contributed by atoms with van der Waals surface area (Å²) in [5.74, 6) is -1.96. The van der Waals surface area contributed by atoms with Gasteiger partial charge in [0.1, 0.15) is 6.04 Å². The molecule has 3 rings (SSSR count). The van der Waals surface area contributed by atoms with Crippen molar-refractivity contribution < 1.29 is 22.7 Å². The highest BCUT2D eigenvalue weighted by Crippen LogP contribution is 2.37. The Morgan fingerprint density at radius 1 is 1.27 bits per heavy atom. The maximum atomic E-state index is 13.1. The molecule has 1 atom stereocenters. The van der Waals surface area contributed by atoms with Crippen LogP contribution < -0.4 is 5.32 Å². The number of nitrogens with one attached hydrogen (secondary N) is 1. The lowest BCUT2D eigenvalue weighted by atomic mass is 9.95. The second kappa shape index (κ2) is 6.47. The van der Waals surface area contributed by atoms with Crippen LogP contribution in [0, 0.1) is 6.92 Å². The molecular weight excluding hydrogens is 349 g/mol. The van der Waals surface area contributed by atoms with Crippen molar-refractivity contribution in [1.29, 1.82) is 0 Å². The molecular formula is C17H17F3N4O2. The molecule has 1 unspecified atom stereocenters. The van der Waals surface area contributed by atoms with E-state index in [0.29, 0.717) is 11.3 Å². The number of hydrogen-bond acceptors (Lipinski definition) is 5. The molecule has 1 aromatic carbocycles. The van der Waals surface area contributed by atoms with E-state index < -0.39 is 24.0 Å². The highest BCUT2D eigenvalue weighted by molar-refractivity contribution is 5.92. The average molecular weight is 366 g/mol. The van der Waals surface area contributed by atoms with Crippen LogP contribution in [0.4, 0.5) is 19.1 Å². The standard InChI is InChI=1S/C17H17F3N4O2/c1-4-26-14(25)12-10(3)21-16-22-15(17(18,19)20)23-24(16)13(12)11-7-5-9(2)6-8-11/h5-8,13H,4H2,1-3H3,(H,21,22,23). The van der Waals surface area contributed by atoms with Crippen molar-refractivity contribution in [1.82, 2.24) is 14.8 Å². The van der Waals surface area contributed by atoms with Crippen LogP contribution in [0.5, 0.6) is 0 Å². The van der Waals surface area contributed by atoms with Crippen molar-refractivity contribution in [3.63, 3.8) is 0 Å². The molecule has 0 aliphatic carbocycles. The smallest absolute Gasteiger partial charge is 0.453 e. The number of aromatic nitrogens is 3. The van der Waals surface area contributed by atoms with Crippen molar-refractivity contribution in [3.05, 3.63) is 52.5 Å². The van der Waals surface area contributed by atoms with Crippen molar-refractivity contribution >= 4 is 11.9 Å². The van der Waals surface area contributed by atoms with Crippen LogP contribution in [0.25, 0.3) is 0 Å². The van der Waals surface area contributed by atoms with Crippen LogP contribution in [0.2, 0.25) is 0 Å². The monoisotopic (exact) mass is 366 g/mol. The van der Waals surface area contributed by atoms with Gasteiger partial charge in [-0.3, -0.25) is 0 Å². The first-order chi connectivity index (χ1) is 12.2. The van der Waals surface area contributed by atoms with Crippen LogP contribution in [0.1, 0.15) is 36.8 Å². The summed E-state index contributed by atoms with van der Waals surface area (Å²) >= 11 is 0. The van der Waals surface area contributed by atoms with Gasteiger partial charge >= 0.3 is 12.1 Å². The predicted octanol–water partition coefficient (Wildman–Crippen LogP) is 3.46. The molecule has 0 amide bonds. The van der Waals surface area contributed by atoms with Gasteiger partial charge in [0.25, 0.3) is 5.82 Å². The van der Waals surface area contributed by atoms with Gasteiger partial charge in [0.2, 0.25) is 5.95 Å². The summed E-state index contributed by atoms with van der Waals surface area (Å²) in [5, 5.41) is 6.33. The van der Waals surface area contributed by atoms with Gasteiger partial charge in [-0.05, 0) is 26.3 Å². The second-order valence-corrected chi connectivity index (χ2v) is 5.90. The van der Waals surface area contributed by atoms with E-state index in [0.717, 1.165) is 10.2 Å². The van der Waals surface area contributed by atoms with Crippen LogP contribution in [-0.2, 0) is 15.7 Å². The van der Waals surface area contributed by atoms with E-state index in [9.17, 15) is 18.0 Å². The molecule has 9 heteroatoms. The highest BCUT2D eigenvalue weighted by Gasteiger charge is 2.41. The zero-order chi connectivity index (χ0) is 19.1. The van der Waals surface area contributed by atoms with Gasteiger partial charge in [0.15, 0.2) is 0 Å². The topological polar surface area (TPSA) is 69.0 Å². The average Bonchev–Trinajstić information content (AvgIpc) is 2.98. The summed E-state index contributed by atoms with van der Waals surface area (Å²) in [6, 6.07) is 6.26. The molecule has 6 nitrogen and oxygen atoms in total. The van der Waals surface area contributed by atoms with Gasteiger partial charge in [-0.25, -0.2) is 9.48 Å². The van der Waals surface area contributed by atoms with Gasteiger partial charge in [-0.1, -0.05) is 29.8 Å². The van der Waals surface area contributed by atoms with Crippen molar-refractivity contribution in [2.24, 2.45) is 0 Å². The number of nitrogens with zero attached hydrogens (tertiary/aromatic N) is 3. The van der Waals surface area contributed by atoms with Crippen LogP contribution >= 0.6 is 0 Å². The largest absolute Gasteiger partial charge is 0.463 e. The molecule has 26 heavy (non-hydrogen) atoms. The van der Waals surface area contributed by atoms with E-state index >= 15 is 0 Å². The Bertz CT molecular complexity index is 869. The number of halogens is 3. The Kier molecular flexibility index (Phi) is 4.47. The third-order valence-electron chi connectivity index (χ3n) is 3.99. The lowest BCUT2D eigenvalue weighted by Gasteiger charge is -2.28. The third-order valence-corrected chi connectivity index (χ3v) is 3.99. The molecule has 0 radical (unpaired) electrons. The number of anilines is 1. The lowest BCUT2D eigenvalue weighted by Crippen LogP contribution is -2.29. The van der Waals surface area contributed by atoms with Crippen LogP contribution in [-0.4, -0.2) is 27.3 Å². The van der Waals surface area contributed by atoms with E-state index in [4.69, 9.17) is 4.74 Å². The van der Waals surface area contributed by atoms with Crippen LogP contribution in [0.15, 0.2) is 35.5 Å². The van der Waals surface area contributed by atoms with Gasteiger partial charge in [-0.2, -0.15) is 18.2 Å². The van der Waals surface area contributed by atoms with Gasteiger partial charge < -0.3 is 10.1 Å². The first-order valence-electron chi connectivity index (χ1n) is 7.97. The molecule has 0 saturated heterocycles. The molecule has 0 saturated carbocycles. The maximum absolute atomic E-state index is 13.1. The molecule has 2 heterocycles. The minimum absolute atomic E-state index is 0.0755. The number of rotatable bonds is 3. The van der Waals surface area contributed by atoms with Gasteiger partial charge in [0, 0.05) is 5.70 Å². The van der Waals surface area contributed by atoms with E-state index in [1.807, 2.05) is 19.1 Å². The minimum Gasteiger partial charge on any atom is -0.463 e. The first-order valence-corrected chi connectivity index (χ1v) is 7.97. The highest BCUT2D eigenvalue weighted by atomic mass is 19.4. The fourth-order valence-electron chi connectivity index (χ4n) is 2.80. The quantitative estimate of drug-likeness (QED) is 0.843. The molecule has 1 aliphatic heterocycles. The predicted molar refractivity (Wildman–Crippen MR) is 87.3 cm³/mol. The summed E-state index contributed by atoms with van der Waals surface area (Å²) in [6.07, 6.45) is -4.69. The zero-order valence-corrected chi connectivity index (χ0v) is 14.4. The molecule has 1 aromatic heterocycles. The Morgan fingerprint density at radius 2 is 1.92 bits per heavy atom. The Morgan fingerprint density at radius 3 is 2.50 bits per heavy atom. The Hall–Kier alpha value is -2.84. The van der Waals surface area contributed by atoms with Crippen molar-refractivity contribution in [3.8, 4) is 0 Å².